The van der Waals surface area contributed by atoms with Crippen LogP contribution in [0.25, 0.3) is 10.8 Å². The van der Waals surface area contributed by atoms with E-state index in [4.69, 9.17) is 23.2 Å². The molecule has 2 atom stereocenters. The standard InChI is InChI=1S/C33H34Cl2N2O2/c1-3-23(2)36-33(39)31(21-24-10-5-4-6-11-24)37(22-25-16-18-29(34)30(35)20-25)32(38)19-17-27-14-9-13-26-12-7-8-15-28(26)27/h4-16,18,20,23,31H,3,17,19,21-22H2,1-2H3,(H,36,39)/t23-,31-/m1/s1. The third-order valence-corrected chi connectivity index (χ3v) is 7.84. The third-order valence-electron chi connectivity index (χ3n) is 7.10. The zero-order chi connectivity index (χ0) is 27.8. The molecule has 0 unspecified atom stereocenters. The lowest BCUT2D eigenvalue weighted by atomic mass is 9.99. The molecule has 0 heterocycles. The van der Waals surface area contributed by atoms with Crippen molar-refractivity contribution in [2.45, 2.75) is 58.2 Å². The second kappa shape index (κ2) is 13.6. The maximum atomic E-state index is 14.0. The zero-order valence-corrected chi connectivity index (χ0v) is 23.9. The molecule has 4 rings (SSSR count). The molecule has 202 valence electrons. The molecule has 0 saturated carbocycles. The SMILES string of the molecule is CC[C@@H](C)NC(=O)[C@@H](Cc1ccccc1)N(Cc1ccc(Cl)c(Cl)c1)C(=O)CCc1cccc2ccccc12. The number of benzene rings is 4. The molecule has 0 aliphatic carbocycles. The number of amides is 2. The number of halogens is 2. The van der Waals surface area contributed by atoms with Gasteiger partial charge in [0.2, 0.25) is 11.8 Å². The Morgan fingerprint density at radius 1 is 0.846 bits per heavy atom. The Kier molecular flexibility index (Phi) is 10.0. The van der Waals surface area contributed by atoms with E-state index in [0.29, 0.717) is 22.9 Å². The number of carbonyl (C=O) groups excluding carboxylic acids is 2. The van der Waals surface area contributed by atoms with E-state index in [1.165, 1.54) is 0 Å². The molecule has 6 heteroatoms. The quantitative estimate of drug-likeness (QED) is 0.205. The summed E-state index contributed by atoms with van der Waals surface area (Å²) in [7, 11) is 0. The van der Waals surface area contributed by atoms with E-state index in [1.54, 1.807) is 17.0 Å². The lowest BCUT2D eigenvalue weighted by molar-refractivity contribution is -0.141. The first-order valence-electron chi connectivity index (χ1n) is 13.4. The summed E-state index contributed by atoms with van der Waals surface area (Å²) in [5.74, 6) is -0.249. The van der Waals surface area contributed by atoms with Crippen LogP contribution in [0.15, 0.2) is 91.0 Å². The first-order chi connectivity index (χ1) is 18.9. The summed E-state index contributed by atoms with van der Waals surface area (Å²) < 4.78 is 0. The van der Waals surface area contributed by atoms with Crippen LogP contribution in [0.4, 0.5) is 0 Å². The largest absolute Gasteiger partial charge is 0.352 e. The van der Waals surface area contributed by atoms with E-state index in [-0.39, 0.29) is 30.8 Å². The Morgan fingerprint density at radius 2 is 1.56 bits per heavy atom. The topological polar surface area (TPSA) is 49.4 Å². The van der Waals surface area contributed by atoms with Crippen molar-refractivity contribution in [3.8, 4) is 0 Å². The van der Waals surface area contributed by atoms with Gasteiger partial charge in [0, 0.05) is 25.4 Å². The van der Waals surface area contributed by atoms with Crippen LogP contribution >= 0.6 is 23.2 Å². The normalized spacial score (nSPS) is 12.6. The Bertz CT molecular complexity index is 1420. The number of aryl methyl sites for hydroxylation is 1. The van der Waals surface area contributed by atoms with Crippen molar-refractivity contribution in [1.29, 1.82) is 0 Å². The Hall–Kier alpha value is -3.34. The van der Waals surface area contributed by atoms with Crippen LogP contribution in [0.2, 0.25) is 10.0 Å². The van der Waals surface area contributed by atoms with Gasteiger partial charge in [-0.25, -0.2) is 0 Å². The number of hydrogen-bond acceptors (Lipinski definition) is 2. The highest BCUT2D eigenvalue weighted by Gasteiger charge is 2.31. The smallest absolute Gasteiger partial charge is 0.243 e. The predicted molar refractivity (Wildman–Crippen MR) is 161 cm³/mol. The molecule has 4 nitrogen and oxygen atoms in total. The molecule has 1 N–H and O–H groups in total. The molecule has 2 amide bonds. The minimum Gasteiger partial charge on any atom is -0.352 e. The Balaban J connectivity index is 1.66. The van der Waals surface area contributed by atoms with Crippen molar-refractivity contribution in [3.05, 3.63) is 118 Å². The lowest BCUT2D eigenvalue weighted by Gasteiger charge is -2.32. The van der Waals surface area contributed by atoms with Gasteiger partial charge in [0.15, 0.2) is 0 Å². The van der Waals surface area contributed by atoms with Crippen molar-refractivity contribution in [1.82, 2.24) is 10.2 Å². The molecule has 4 aromatic carbocycles. The van der Waals surface area contributed by atoms with Gasteiger partial charge in [-0.15, -0.1) is 0 Å². The monoisotopic (exact) mass is 560 g/mol. The van der Waals surface area contributed by atoms with Gasteiger partial charge in [0.25, 0.3) is 0 Å². The molecule has 39 heavy (non-hydrogen) atoms. The van der Waals surface area contributed by atoms with Gasteiger partial charge in [0.1, 0.15) is 6.04 Å². The number of rotatable bonds is 11. The summed E-state index contributed by atoms with van der Waals surface area (Å²) in [6, 6.07) is 28.8. The fourth-order valence-corrected chi connectivity index (χ4v) is 5.05. The van der Waals surface area contributed by atoms with Gasteiger partial charge in [0.05, 0.1) is 10.0 Å². The first kappa shape index (κ1) is 28.7. The average Bonchev–Trinajstić information content (AvgIpc) is 2.95. The summed E-state index contributed by atoms with van der Waals surface area (Å²) in [4.78, 5) is 29.4. The Labute approximate surface area is 240 Å². The van der Waals surface area contributed by atoms with E-state index in [9.17, 15) is 9.59 Å². The van der Waals surface area contributed by atoms with Gasteiger partial charge in [-0.1, -0.05) is 109 Å². The van der Waals surface area contributed by atoms with Crippen LogP contribution < -0.4 is 5.32 Å². The number of nitrogens with one attached hydrogen (secondary N) is 1. The maximum absolute atomic E-state index is 14.0. The van der Waals surface area contributed by atoms with Crippen LogP contribution in [0.1, 0.15) is 43.4 Å². The first-order valence-corrected chi connectivity index (χ1v) is 14.2. The molecular weight excluding hydrogens is 527 g/mol. The average molecular weight is 562 g/mol. The fraction of sp³-hybridized carbons (Fsp3) is 0.273. The minimum absolute atomic E-state index is 0.00613. The molecule has 4 aromatic rings. The zero-order valence-electron chi connectivity index (χ0n) is 22.4. The van der Waals surface area contributed by atoms with Crippen molar-refractivity contribution in [2.75, 3.05) is 0 Å². The highest BCUT2D eigenvalue weighted by atomic mass is 35.5. The van der Waals surface area contributed by atoms with Gasteiger partial charge in [-0.2, -0.15) is 0 Å². The van der Waals surface area contributed by atoms with Crippen LogP contribution in [-0.2, 0) is 29.0 Å². The second-order valence-corrected chi connectivity index (χ2v) is 10.7. The second-order valence-electron chi connectivity index (χ2n) is 9.93. The number of fused-ring (bicyclic) bond motifs is 1. The van der Waals surface area contributed by atoms with E-state index in [2.05, 4.69) is 29.6 Å². The van der Waals surface area contributed by atoms with Gasteiger partial charge < -0.3 is 10.2 Å². The number of carbonyl (C=O) groups is 2. The minimum atomic E-state index is -0.684. The Morgan fingerprint density at radius 3 is 2.31 bits per heavy atom. The molecule has 0 aromatic heterocycles. The highest BCUT2D eigenvalue weighted by molar-refractivity contribution is 6.42. The summed E-state index contributed by atoms with van der Waals surface area (Å²) in [6.45, 7) is 4.25. The molecule has 0 aliphatic heterocycles. The number of hydrogen-bond donors (Lipinski definition) is 1. The molecule has 0 aliphatic rings. The lowest BCUT2D eigenvalue weighted by Crippen LogP contribution is -2.52. The van der Waals surface area contributed by atoms with Gasteiger partial charge in [-0.05, 0) is 59.4 Å². The van der Waals surface area contributed by atoms with E-state index >= 15 is 0 Å². The fourth-order valence-electron chi connectivity index (χ4n) is 4.73. The summed E-state index contributed by atoms with van der Waals surface area (Å²) >= 11 is 12.5. The molecule has 0 bridgehead atoms. The van der Waals surface area contributed by atoms with Crippen LogP contribution in [0, 0.1) is 0 Å². The summed E-state index contributed by atoms with van der Waals surface area (Å²) in [6.07, 6.45) is 2.05. The third kappa shape index (κ3) is 7.62. The van der Waals surface area contributed by atoms with E-state index in [1.807, 2.05) is 68.4 Å². The predicted octanol–water partition coefficient (Wildman–Crippen LogP) is 7.63. The molecule has 0 radical (unpaired) electrons. The molecule has 0 saturated heterocycles. The van der Waals surface area contributed by atoms with E-state index < -0.39 is 6.04 Å². The summed E-state index contributed by atoms with van der Waals surface area (Å²) in [5, 5.41) is 6.26. The molecule has 0 spiro atoms. The molecular formula is C33H34Cl2N2O2. The highest BCUT2D eigenvalue weighted by Crippen LogP contribution is 2.25. The van der Waals surface area contributed by atoms with Crippen LogP contribution in [-0.4, -0.2) is 28.8 Å². The van der Waals surface area contributed by atoms with Crippen molar-refractivity contribution < 1.29 is 9.59 Å². The van der Waals surface area contributed by atoms with Crippen molar-refractivity contribution >= 4 is 45.8 Å². The maximum Gasteiger partial charge on any atom is 0.243 e. The van der Waals surface area contributed by atoms with Crippen LogP contribution in [0.3, 0.4) is 0 Å². The van der Waals surface area contributed by atoms with Crippen molar-refractivity contribution in [3.63, 3.8) is 0 Å². The van der Waals surface area contributed by atoms with Crippen molar-refractivity contribution in [2.24, 2.45) is 0 Å². The number of nitrogens with zero attached hydrogens (tertiary/aromatic N) is 1. The van der Waals surface area contributed by atoms with Crippen LogP contribution in [0.5, 0.6) is 0 Å². The van der Waals surface area contributed by atoms with Gasteiger partial charge >= 0.3 is 0 Å². The van der Waals surface area contributed by atoms with E-state index in [0.717, 1.165) is 33.9 Å². The van der Waals surface area contributed by atoms with Gasteiger partial charge in [-0.3, -0.25) is 9.59 Å². The summed E-state index contributed by atoms with van der Waals surface area (Å²) in [5.41, 5.74) is 2.92. The molecule has 0 fully saturated rings.